The Morgan fingerprint density at radius 1 is 1.11 bits per heavy atom. The summed E-state index contributed by atoms with van der Waals surface area (Å²) in [6.45, 7) is 4.79. The van der Waals surface area contributed by atoms with Crippen molar-refractivity contribution in [3.8, 4) is 17.2 Å². The van der Waals surface area contributed by atoms with Crippen LogP contribution >= 0.6 is 11.3 Å². The van der Waals surface area contributed by atoms with Crippen molar-refractivity contribution in [3.63, 3.8) is 0 Å². The van der Waals surface area contributed by atoms with E-state index in [4.69, 9.17) is 9.72 Å². The second kappa shape index (κ2) is 9.96. The molecule has 4 aromatic heterocycles. The minimum absolute atomic E-state index is 0.158. The van der Waals surface area contributed by atoms with Crippen LogP contribution in [0.3, 0.4) is 0 Å². The predicted molar refractivity (Wildman–Crippen MR) is 140 cm³/mol. The lowest BCUT2D eigenvalue weighted by atomic mass is 10.1. The molecule has 8 nitrogen and oxygen atoms in total. The molecule has 182 valence electrons. The molecule has 0 unspecified atom stereocenters. The van der Waals surface area contributed by atoms with Crippen molar-refractivity contribution in [2.45, 2.75) is 27.0 Å². The molecule has 4 heterocycles. The zero-order valence-corrected chi connectivity index (χ0v) is 21.4. The molecule has 1 amide bonds. The van der Waals surface area contributed by atoms with E-state index in [2.05, 4.69) is 35.0 Å². The zero-order valence-electron chi connectivity index (χ0n) is 20.6. The van der Waals surface area contributed by atoms with E-state index in [1.807, 2.05) is 36.4 Å². The molecule has 9 heteroatoms. The summed E-state index contributed by atoms with van der Waals surface area (Å²) in [4.78, 5) is 31.2. The van der Waals surface area contributed by atoms with Gasteiger partial charge in [-0.25, -0.2) is 9.97 Å². The van der Waals surface area contributed by atoms with Gasteiger partial charge in [0.1, 0.15) is 0 Å². The van der Waals surface area contributed by atoms with Crippen LogP contribution in [0.1, 0.15) is 31.4 Å². The standard InChI is InChI=1S/C27H26N6O2S/c1-17-13-21(18(2)36-17)24-10-12-29-27(31-24)33-25(16-35-4)22(14-30-33)26(34)32(3)15-19-7-5-9-23-20(19)8-6-11-28-23/h5-14H,15-16H2,1-4H3. The molecule has 0 aliphatic carbocycles. The average Bonchev–Trinajstić information content (AvgIpc) is 3.46. The maximum atomic E-state index is 13.5. The third kappa shape index (κ3) is 4.50. The van der Waals surface area contributed by atoms with E-state index in [1.54, 1.807) is 53.7 Å². The molecule has 0 aliphatic rings. The fourth-order valence-corrected chi connectivity index (χ4v) is 5.26. The molecule has 36 heavy (non-hydrogen) atoms. The Hall–Kier alpha value is -3.95. The lowest BCUT2D eigenvalue weighted by molar-refractivity contribution is 0.0780. The molecular formula is C27H26N6O2S. The van der Waals surface area contributed by atoms with E-state index in [9.17, 15) is 4.79 Å². The molecule has 5 rings (SSSR count). The van der Waals surface area contributed by atoms with Gasteiger partial charge in [0, 0.05) is 53.8 Å². The van der Waals surface area contributed by atoms with Gasteiger partial charge in [-0.2, -0.15) is 9.78 Å². The number of benzene rings is 1. The number of methoxy groups -OCH3 is 1. The van der Waals surface area contributed by atoms with Crippen LogP contribution in [0.25, 0.3) is 28.1 Å². The molecule has 0 saturated carbocycles. The van der Waals surface area contributed by atoms with Gasteiger partial charge in [-0.05, 0) is 43.7 Å². The highest BCUT2D eigenvalue weighted by Gasteiger charge is 2.23. The summed E-state index contributed by atoms with van der Waals surface area (Å²) < 4.78 is 7.03. The molecule has 0 fully saturated rings. The molecule has 0 atom stereocenters. The molecule has 5 aromatic rings. The highest BCUT2D eigenvalue weighted by molar-refractivity contribution is 7.12. The van der Waals surface area contributed by atoms with Crippen molar-refractivity contribution in [3.05, 3.63) is 87.6 Å². The van der Waals surface area contributed by atoms with Crippen molar-refractivity contribution in [1.29, 1.82) is 0 Å². The predicted octanol–water partition coefficient (Wildman–Crippen LogP) is 4.97. The van der Waals surface area contributed by atoms with E-state index in [0.717, 1.165) is 27.7 Å². The van der Waals surface area contributed by atoms with Crippen molar-refractivity contribution in [2.75, 3.05) is 14.2 Å². The van der Waals surface area contributed by atoms with Crippen molar-refractivity contribution in [1.82, 2.24) is 29.6 Å². The molecule has 0 spiro atoms. The first kappa shape index (κ1) is 23.8. The van der Waals surface area contributed by atoms with Gasteiger partial charge in [-0.15, -0.1) is 11.3 Å². The van der Waals surface area contributed by atoms with Gasteiger partial charge in [0.25, 0.3) is 11.9 Å². The monoisotopic (exact) mass is 498 g/mol. The number of aryl methyl sites for hydroxylation is 2. The molecule has 0 bridgehead atoms. The van der Waals surface area contributed by atoms with E-state index < -0.39 is 0 Å². The minimum atomic E-state index is -0.158. The van der Waals surface area contributed by atoms with Crippen LogP contribution < -0.4 is 0 Å². The fraction of sp³-hybridized carbons (Fsp3) is 0.222. The van der Waals surface area contributed by atoms with Gasteiger partial charge in [-0.3, -0.25) is 9.78 Å². The van der Waals surface area contributed by atoms with Gasteiger partial charge < -0.3 is 9.64 Å². The lowest BCUT2D eigenvalue weighted by Gasteiger charge is -2.18. The number of rotatable bonds is 7. The number of ether oxygens (including phenoxy) is 1. The number of aromatic nitrogens is 5. The molecule has 0 N–H and O–H groups in total. The van der Waals surface area contributed by atoms with E-state index in [0.29, 0.717) is 23.8 Å². The topological polar surface area (TPSA) is 86.0 Å². The smallest absolute Gasteiger partial charge is 0.257 e. The minimum Gasteiger partial charge on any atom is -0.378 e. The van der Waals surface area contributed by atoms with Crippen LogP contribution in [0.2, 0.25) is 0 Å². The summed E-state index contributed by atoms with van der Waals surface area (Å²) in [6.07, 6.45) is 5.04. The average molecular weight is 499 g/mol. The Balaban J connectivity index is 1.47. The lowest BCUT2D eigenvalue weighted by Crippen LogP contribution is -2.27. The summed E-state index contributed by atoms with van der Waals surface area (Å²) in [7, 11) is 3.37. The Morgan fingerprint density at radius 2 is 1.97 bits per heavy atom. The summed E-state index contributed by atoms with van der Waals surface area (Å²) in [6, 6.07) is 13.9. The van der Waals surface area contributed by atoms with Crippen molar-refractivity contribution < 1.29 is 9.53 Å². The Labute approximate surface area is 213 Å². The Bertz CT molecular complexity index is 1550. The van der Waals surface area contributed by atoms with Gasteiger partial charge >= 0.3 is 0 Å². The SMILES string of the molecule is COCc1c(C(=O)N(C)Cc2cccc3ncccc23)cnn1-c1nccc(-c2cc(C)sc2C)n1. The van der Waals surface area contributed by atoms with E-state index in [-0.39, 0.29) is 12.5 Å². The zero-order chi connectivity index (χ0) is 25.2. The molecule has 0 saturated heterocycles. The number of amides is 1. The van der Waals surface area contributed by atoms with Crippen LogP contribution in [0.4, 0.5) is 0 Å². The maximum Gasteiger partial charge on any atom is 0.257 e. The molecule has 0 radical (unpaired) electrons. The quantitative estimate of drug-likeness (QED) is 0.315. The number of fused-ring (bicyclic) bond motifs is 1. The van der Waals surface area contributed by atoms with Crippen LogP contribution in [0.5, 0.6) is 0 Å². The second-order valence-corrected chi connectivity index (χ2v) is 10.0. The summed E-state index contributed by atoms with van der Waals surface area (Å²) in [5, 5.41) is 5.51. The summed E-state index contributed by atoms with van der Waals surface area (Å²) in [5.41, 5.74) is 4.86. The normalized spacial score (nSPS) is 11.2. The van der Waals surface area contributed by atoms with E-state index in [1.165, 1.54) is 9.75 Å². The number of thiophene rings is 1. The van der Waals surface area contributed by atoms with E-state index >= 15 is 0 Å². The largest absolute Gasteiger partial charge is 0.378 e. The highest BCUT2D eigenvalue weighted by atomic mass is 32.1. The summed E-state index contributed by atoms with van der Waals surface area (Å²) in [5.74, 6) is 0.235. The second-order valence-electron chi connectivity index (χ2n) is 8.57. The number of carbonyl (C=O) groups excluding carboxylic acids is 1. The van der Waals surface area contributed by atoms with Crippen molar-refractivity contribution in [2.24, 2.45) is 0 Å². The molecule has 0 aliphatic heterocycles. The third-order valence-corrected chi connectivity index (χ3v) is 6.99. The Kier molecular flexibility index (Phi) is 6.58. The van der Waals surface area contributed by atoms with Gasteiger partial charge in [0.2, 0.25) is 0 Å². The first-order valence-corrected chi connectivity index (χ1v) is 12.3. The first-order valence-electron chi connectivity index (χ1n) is 11.5. The van der Waals surface area contributed by atoms with Crippen molar-refractivity contribution >= 4 is 28.1 Å². The maximum absolute atomic E-state index is 13.5. The number of nitrogens with zero attached hydrogens (tertiary/aromatic N) is 6. The fourth-order valence-electron chi connectivity index (χ4n) is 4.32. The first-order chi connectivity index (χ1) is 17.5. The number of carbonyl (C=O) groups is 1. The summed E-state index contributed by atoms with van der Waals surface area (Å²) >= 11 is 1.73. The van der Waals surface area contributed by atoms with Crippen LogP contribution in [0.15, 0.2) is 61.1 Å². The van der Waals surface area contributed by atoms with Crippen LogP contribution in [0, 0.1) is 13.8 Å². The van der Waals surface area contributed by atoms with Gasteiger partial charge in [-0.1, -0.05) is 18.2 Å². The van der Waals surface area contributed by atoms with Gasteiger partial charge in [0.05, 0.1) is 35.3 Å². The van der Waals surface area contributed by atoms with Gasteiger partial charge in [0.15, 0.2) is 0 Å². The highest BCUT2D eigenvalue weighted by Crippen LogP contribution is 2.29. The number of hydrogen-bond acceptors (Lipinski definition) is 7. The molecular weight excluding hydrogens is 472 g/mol. The Morgan fingerprint density at radius 3 is 2.75 bits per heavy atom. The number of pyridine rings is 1. The third-order valence-electron chi connectivity index (χ3n) is 6.02. The number of hydrogen-bond donors (Lipinski definition) is 0. The molecule has 1 aromatic carbocycles. The van der Waals surface area contributed by atoms with Crippen LogP contribution in [-0.2, 0) is 17.9 Å². The van der Waals surface area contributed by atoms with Crippen LogP contribution in [-0.4, -0.2) is 49.7 Å².